The van der Waals surface area contributed by atoms with E-state index in [2.05, 4.69) is 5.32 Å². The summed E-state index contributed by atoms with van der Waals surface area (Å²) in [4.78, 5) is 11.9. The molecule has 1 atom stereocenters. The number of hydrogen-bond donors (Lipinski definition) is 1. The summed E-state index contributed by atoms with van der Waals surface area (Å²) in [5.41, 5.74) is 1.87. The Bertz CT molecular complexity index is 536. The van der Waals surface area contributed by atoms with Crippen molar-refractivity contribution in [2.45, 2.75) is 19.4 Å². The number of nitrogens with one attached hydrogen (secondary N) is 1. The number of carbonyl (C=O) groups is 1. The molecule has 1 N–H and O–H groups in total. The van der Waals surface area contributed by atoms with Gasteiger partial charge in [-0.2, -0.15) is 0 Å². The molecule has 0 radical (unpaired) electrons. The first-order chi connectivity index (χ1) is 9.15. The first-order valence-corrected chi connectivity index (χ1v) is 6.24. The molecule has 2 aromatic carbocycles. The van der Waals surface area contributed by atoms with Crippen LogP contribution in [0.3, 0.4) is 0 Å². The molecular weight excluding hydrogens is 241 g/mol. The van der Waals surface area contributed by atoms with Crippen molar-refractivity contribution < 1.29 is 9.18 Å². The molecule has 3 heteroatoms. The van der Waals surface area contributed by atoms with Gasteiger partial charge in [0.2, 0.25) is 5.91 Å². The second-order valence-electron chi connectivity index (χ2n) is 4.50. The molecular formula is C16H16FNO. The number of halogens is 1. The molecule has 0 fully saturated rings. The largest absolute Gasteiger partial charge is 0.349 e. The zero-order chi connectivity index (χ0) is 13.7. The topological polar surface area (TPSA) is 29.1 Å². The molecule has 0 aromatic heterocycles. The van der Waals surface area contributed by atoms with Gasteiger partial charge < -0.3 is 5.32 Å². The van der Waals surface area contributed by atoms with E-state index in [4.69, 9.17) is 0 Å². The van der Waals surface area contributed by atoms with Crippen molar-refractivity contribution >= 4 is 5.91 Å². The van der Waals surface area contributed by atoms with E-state index in [-0.39, 0.29) is 17.8 Å². The Kier molecular flexibility index (Phi) is 4.29. The Morgan fingerprint density at radius 2 is 1.74 bits per heavy atom. The maximum Gasteiger partial charge on any atom is 0.224 e. The molecule has 2 nitrogen and oxygen atoms in total. The molecule has 0 spiro atoms. The summed E-state index contributed by atoms with van der Waals surface area (Å²) in [5, 5.41) is 2.90. The minimum absolute atomic E-state index is 0.0389. The summed E-state index contributed by atoms with van der Waals surface area (Å²) in [6.45, 7) is 1.89. The average molecular weight is 257 g/mol. The molecule has 0 aliphatic heterocycles. The van der Waals surface area contributed by atoms with Crippen LogP contribution in [0.15, 0.2) is 54.6 Å². The molecule has 0 saturated heterocycles. The molecule has 0 heterocycles. The molecule has 19 heavy (non-hydrogen) atoms. The van der Waals surface area contributed by atoms with Crippen LogP contribution in [0.5, 0.6) is 0 Å². The zero-order valence-corrected chi connectivity index (χ0v) is 10.8. The Morgan fingerprint density at radius 3 is 2.37 bits per heavy atom. The highest BCUT2D eigenvalue weighted by Gasteiger charge is 2.09. The van der Waals surface area contributed by atoms with Crippen LogP contribution in [-0.2, 0) is 11.2 Å². The van der Waals surface area contributed by atoms with Crippen molar-refractivity contribution in [3.63, 3.8) is 0 Å². The van der Waals surface area contributed by atoms with Crippen LogP contribution in [0.25, 0.3) is 0 Å². The maximum atomic E-state index is 12.8. The predicted octanol–water partition coefficient (Wildman–Crippen LogP) is 3.25. The van der Waals surface area contributed by atoms with E-state index >= 15 is 0 Å². The SMILES string of the molecule is C[C@@H](NC(=O)Cc1ccccc1)c1ccc(F)cc1. The third-order valence-electron chi connectivity index (χ3n) is 2.96. The fourth-order valence-corrected chi connectivity index (χ4v) is 1.91. The minimum Gasteiger partial charge on any atom is -0.349 e. The molecule has 2 aromatic rings. The van der Waals surface area contributed by atoms with Gasteiger partial charge in [-0.15, -0.1) is 0 Å². The number of rotatable bonds is 4. The Labute approximate surface area is 112 Å². The van der Waals surface area contributed by atoms with E-state index in [1.54, 1.807) is 12.1 Å². The van der Waals surface area contributed by atoms with E-state index in [0.717, 1.165) is 11.1 Å². The highest BCUT2D eigenvalue weighted by Crippen LogP contribution is 2.13. The van der Waals surface area contributed by atoms with Crippen molar-refractivity contribution in [1.29, 1.82) is 0 Å². The molecule has 0 unspecified atom stereocenters. The summed E-state index contributed by atoms with van der Waals surface area (Å²) in [6, 6.07) is 15.6. The van der Waals surface area contributed by atoms with Crippen molar-refractivity contribution in [3.05, 3.63) is 71.5 Å². The standard InChI is InChI=1S/C16H16FNO/c1-12(14-7-9-15(17)10-8-14)18-16(19)11-13-5-3-2-4-6-13/h2-10,12H,11H2,1H3,(H,18,19)/t12-/m1/s1. The lowest BCUT2D eigenvalue weighted by atomic mass is 10.1. The lowest BCUT2D eigenvalue weighted by Crippen LogP contribution is -2.28. The second kappa shape index (κ2) is 6.14. The van der Waals surface area contributed by atoms with Gasteiger partial charge in [-0.05, 0) is 30.2 Å². The van der Waals surface area contributed by atoms with Crippen molar-refractivity contribution in [3.8, 4) is 0 Å². The fourth-order valence-electron chi connectivity index (χ4n) is 1.91. The summed E-state index contributed by atoms with van der Waals surface area (Å²) < 4.78 is 12.8. The van der Waals surface area contributed by atoms with E-state index < -0.39 is 0 Å². The van der Waals surface area contributed by atoms with E-state index in [9.17, 15) is 9.18 Å². The second-order valence-corrected chi connectivity index (χ2v) is 4.50. The number of amides is 1. The summed E-state index contributed by atoms with van der Waals surface area (Å²) >= 11 is 0. The average Bonchev–Trinajstić information content (AvgIpc) is 2.40. The minimum atomic E-state index is -0.272. The maximum absolute atomic E-state index is 12.8. The van der Waals surface area contributed by atoms with Gasteiger partial charge in [0, 0.05) is 0 Å². The molecule has 1 amide bonds. The van der Waals surface area contributed by atoms with Crippen LogP contribution >= 0.6 is 0 Å². The molecule has 2 rings (SSSR count). The Morgan fingerprint density at radius 1 is 1.11 bits per heavy atom. The molecule has 0 aliphatic carbocycles. The van der Waals surface area contributed by atoms with Crippen LogP contribution in [0.1, 0.15) is 24.1 Å². The fraction of sp³-hybridized carbons (Fsp3) is 0.188. The van der Waals surface area contributed by atoms with Gasteiger partial charge in [0.15, 0.2) is 0 Å². The summed E-state index contributed by atoms with van der Waals surface area (Å²) in [5.74, 6) is -0.311. The van der Waals surface area contributed by atoms with E-state index in [0.29, 0.717) is 6.42 Å². The van der Waals surface area contributed by atoms with Crippen LogP contribution in [0, 0.1) is 5.82 Å². The highest BCUT2D eigenvalue weighted by atomic mass is 19.1. The first kappa shape index (κ1) is 13.3. The van der Waals surface area contributed by atoms with Gasteiger partial charge in [0.05, 0.1) is 12.5 Å². The van der Waals surface area contributed by atoms with Crippen molar-refractivity contribution in [2.24, 2.45) is 0 Å². The van der Waals surface area contributed by atoms with Gasteiger partial charge in [-0.3, -0.25) is 4.79 Å². The lowest BCUT2D eigenvalue weighted by Gasteiger charge is -2.14. The van der Waals surface area contributed by atoms with Crippen LogP contribution in [0.2, 0.25) is 0 Å². The van der Waals surface area contributed by atoms with Crippen molar-refractivity contribution in [1.82, 2.24) is 5.32 Å². The molecule has 0 bridgehead atoms. The summed E-state index contributed by atoms with van der Waals surface area (Å²) in [6.07, 6.45) is 0.354. The number of hydrogen-bond acceptors (Lipinski definition) is 1. The van der Waals surface area contributed by atoms with Crippen LogP contribution in [-0.4, -0.2) is 5.91 Å². The van der Waals surface area contributed by atoms with Gasteiger partial charge >= 0.3 is 0 Å². The number of benzene rings is 2. The molecule has 98 valence electrons. The van der Waals surface area contributed by atoms with Gasteiger partial charge in [-0.25, -0.2) is 4.39 Å². The smallest absolute Gasteiger partial charge is 0.224 e. The highest BCUT2D eigenvalue weighted by molar-refractivity contribution is 5.78. The molecule has 0 aliphatic rings. The monoisotopic (exact) mass is 257 g/mol. The Balaban J connectivity index is 1.93. The lowest BCUT2D eigenvalue weighted by molar-refractivity contribution is -0.121. The van der Waals surface area contributed by atoms with Gasteiger partial charge in [-0.1, -0.05) is 42.5 Å². The van der Waals surface area contributed by atoms with Crippen LogP contribution in [0.4, 0.5) is 4.39 Å². The van der Waals surface area contributed by atoms with Crippen LogP contribution < -0.4 is 5.32 Å². The van der Waals surface area contributed by atoms with E-state index in [1.807, 2.05) is 37.3 Å². The van der Waals surface area contributed by atoms with Gasteiger partial charge in [0.1, 0.15) is 5.82 Å². The summed E-state index contributed by atoms with van der Waals surface area (Å²) in [7, 11) is 0. The van der Waals surface area contributed by atoms with Crippen molar-refractivity contribution in [2.75, 3.05) is 0 Å². The predicted molar refractivity (Wildman–Crippen MR) is 73.1 cm³/mol. The number of carbonyl (C=O) groups excluding carboxylic acids is 1. The third kappa shape index (κ3) is 3.91. The normalized spacial score (nSPS) is 11.9. The Hall–Kier alpha value is -2.16. The quantitative estimate of drug-likeness (QED) is 0.895. The third-order valence-corrected chi connectivity index (χ3v) is 2.96. The zero-order valence-electron chi connectivity index (χ0n) is 10.8. The van der Waals surface area contributed by atoms with E-state index in [1.165, 1.54) is 12.1 Å². The first-order valence-electron chi connectivity index (χ1n) is 6.24. The van der Waals surface area contributed by atoms with Gasteiger partial charge in [0.25, 0.3) is 0 Å². The molecule has 0 saturated carbocycles.